The fourth-order valence-corrected chi connectivity index (χ4v) is 4.83. The molecule has 1 saturated carbocycles. The molecule has 1 heterocycles. The summed E-state index contributed by atoms with van der Waals surface area (Å²) in [6, 6.07) is 4.49. The van der Waals surface area contributed by atoms with E-state index in [0.717, 1.165) is 16.7 Å². The van der Waals surface area contributed by atoms with Crippen molar-refractivity contribution >= 4 is 22.9 Å². The molecule has 1 aromatic heterocycles. The molecule has 19 heavy (non-hydrogen) atoms. The highest BCUT2D eigenvalue weighted by Crippen LogP contribution is 2.46. The highest BCUT2D eigenvalue weighted by molar-refractivity contribution is 7.16. The number of rotatable bonds is 6. The third-order valence-corrected chi connectivity index (χ3v) is 5.64. The lowest BCUT2D eigenvalue weighted by Gasteiger charge is -2.38. The Balaban J connectivity index is 2.13. The molecule has 0 bridgehead atoms. The summed E-state index contributed by atoms with van der Waals surface area (Å²) >= 11 is 7.71. The van der Waals surface area contributed by atoms with Crippen LogP contribution >= 0.6 is 22.9 Å². The molecule has 2 nitrogen and oxygen atoms in total. The smallest absolute Gasteiger partial charge is 0.0931 e. The lowest BCUT2D eigenvalue weighted by molar-refractivity contribution is 0.155. The summed E-state index contributed by atoms with van der Waals surface area (Å²) < 4.78 is 0.870. The van der Waals surface area contributed by atoms with Crippen molar-refractivity contribution in [1.29, 1.82) is 0 Å². The molecule has 1 aliphatic rings. The number of halogens is 1. The standard InChI is InChI=1S/C15H25ClN2S/c1-11(2)10-15(7-3-4-8-15)13(18-17)9-12-5-6-14(16)19-12/h5-6,11,13,18H,3-4,7-10,17H2,1-2H3. The van der Waals surface area contributed by atoms with E-state index in [0.29, 0.717) is 11.5 Å². The van der Waals surface area contributed by atoms with Gasteiger partial charge in [0, 0.05) is 10.9 Å². The molecule has 1 fully saturated rings. The third kappa shape index (κ3) is 3.72. The van der Waals surface area contributed by atoms with Crippen molar-refractivity contribution in [3.63, 3.8) is 0 Å². The van der Waals surface area contributed by atoms with Crippen molar-refractivity contribution in [2.75, 3.05) is 0 Å². The Bertz CT molecular complexity index is 397. The lowest BCUT2D eigenvalue weighted by Crippen LogP contribution is -2.49. The first-order valence-corrected chi connectivity index (χ1v) is 8.45. The van der Waals surface area contributed by atoms with Crippen LogP contribution in [-0.4, -0.2) is 6.04 Å². The fourth-order valence-electron chi connectivity index (χ4n) is 3.70. The maximum Gasteiger partial charge on any atom is 0.0931 e. The number of hydrogen-bond acceptors (Lipinski definition) is 3. The highest BCUT2D eigenvalue weighted by atomic mass is 35.5. The largest absolute Gasteiger partial charge is 0.271 e. The van der Waals surface area contributed by atoms with E-state index in [2.05, 4.69) is 25.3 Å². The van der Waals surface area contributed by atoms with Gasteiger partial charge in [0.05, 0.1) is 4.34 Å². The molecular formula is C15H25ClN2S. The second-order valence-corrected chi connectivity index (χ2v) is 8.10. The van der Waals surface area contributed by atoms with Crippen molar-refractivity contribution in [1.82, 2.24) is 5.43 Å². The van der Waals surface area contributed by atoms with Gasteiger partial charge in [-0.3, -0.25) is 11.3 Å². The molecule has 0 radical (unpaired) electrons. The molecule has 1 aliphatic carbocycles. The molecule has 0 aromatic carbocycles. The van der Waals surface area contributed by atoms with Gasteiger partial charge >= 0.3 is 0 Å². The van der Waals surface area contributed by atoms with E-state index in [9.17, 15) is 0 Å². The van der Waals surface area contributed by atoms with Crippen LogP contribution in [0.25, 0.3) is 0 Å². The minimum absolute atomic E-state index is 0.368. The Labute approximate surface area is 125 Å². The zero-order chi connectivity index (χ0) is 13.9. The summed E-state index contributed by atoms with van der Waals surface area (Å²) in [6.07, 6.45) is 7.56. The predicted octanol–water partition coefficient (Wildman–Crippen LogP) is 4.38. The molecule has 0 saturated heterocycles. The maximum absolute atomic E-state index is 6.03. The van der Waals surface area contributed by atoms with Crippen LogP contribution in [0, 0.1) is 11.3 Å². The summed E-state index contributed by atoms with van der Waals surface area (Å²) in [5, 5.41) is 0. The van der Waals surface area contributed by atoms with Crippen molar-refractivity contribution in [3.05, 3.63) is 21.3 Å². The summed E-state index contributed by atoms with van der Waals surface area (Å²) in [4.78, 5) is 1.34. The number of thiophene rings is 1. The van der Waals surface area contributed by atoms with Crippen molar-refractivity contribution in [2.45, 2.75) is 58.4 Å². The van der Waals surface area contributed by atoms with E-state index in [1.165, 1.54) is 37.0 Å². The van der Waals surface area contributed by atoms with Gasteiger partial charge in [0.1, 0.15) is 0 Å². The Morgan fingerprint density at radius 1 is 1.37 bits per heavy atom. The third-order valence-electron chi connectivity index (χ3n) is 4.39. The highest BCUT2D eigenvalue weighted by Gasteiger charge is 2.41. The number of nitrogens with one attached hydrogen (secondary N) is 1. The van der Waals surface area contributed by atoms with Gasteiger partial charge in [-0.15, -0.1) is 11.3 Å². The van der Waals surface area contributed by atoms with Crippen LogP contribution in [-0.2, 0) is 6.42 Å². The Morgan fingerprint density at radius 3 is 2.53 bits per heavy atom. The van der Waals surface area contributed by atoms with Crippen LogP contribution in [0.2, 0.25) is 4.34 Å². The van der Waals surface area contributed by atoms with Crippen molar-refractivity contribution in [3.8, 4) is 0 Å². The van der Waals surface area contributed by atoms with E-state index in [1.807, 2.05) is 6.07 Å². The first kappa shape index (κ1) is 15.3. The van der Waals surface area contributed by atoms with Gasteiger partial charge < -0.3 is 0 Å². The van der Waals surface area contributed by atoms with Gasteiger partial charge in [0.25, 0.3) is 0 Å². The first-order valence-electron chi connectivity index (χ1n) is 7.26. The van der Waals surface area contributed by atoms with E-state index >= 15 is 0 Å². The van der Waals surface area contributed by atoms with E-state index < -0.39 is 0 Å². The molecule has 3 N–H and O–H groups in total. The molecule has 108 valence electrons. The topological polar surface area (TPSA) is 38.0 Å². The first-order chi connectivity index (χ1) is 9.05. The Hall–Kier alpha value is -0.0900. The number of hydrazine groups is 1. The van der Waals surface area contributed by atoms with Crippen molar-refractivity contribution in [2.24, 2.45) is 17.2 Å². The minimum atomic E-state index is 0.368. The fraction of sp³-hybridized carbons (Fsp3) is 0.733. The number of hydrogen-bond donors (Lipinski definition) is 2. The quantitative estimate of drug-likeness (QED) is 0.604. The molecule has 4 heteroatoms. The SMILES string of the molecule is CC(C)CC1(C(Cc2ccc(Cl)s2)NN)CCCC1. The molecule has 1 aromatic rings. The van der Waals surface area contributed by atoms with E-state index in [1.54, 1.807) is 11.3 Å². The van der Waals surface area contributed by atoms with Gasteiger partial charge in [0.15, 0.2) is 0 Å². The number of nitrogens with two attached hydrogens (primary N) is 1. The average Bonchev–Trinajstić information content (AvgIpc) is 2.95. The van der Waals surface area contributed by atoms with Crippen LogP contribution in [0.1, 0.15) is 50.8 Å². The summed E-state index contributed by atoms with van der Waals surface area (Å²) in [7, 11) is 0. The summed E-state index contributed by atoms with van der Waals surface area (Å²) in [5.41, 5.74) is 3.49. The maximum atomic E-state index is 6.03. The second-order valence-electron chi connectivity index (χ2n) is 6.30. The second kappa shape index (κ2) is 6.57. The predicted molar refractivity (Wildman–Crippen MR) is 84.5 cm³/mol. The average molecular weight is 301 g/mol. The van der Waals surface area contributed by atoms with Gasteiger partial charge in [-0.25, -0.2) is 0 Å². The Morgan fingerprint density at radius 2 is 2.05 bits per heavy atom. The van der Waals surface area contributed by atoms with Gasteiger partial charge in [0.2, 0.25) is 0 Å². The minimum Gasteiger partial charge on any atom is -0.271 e. The monoisotopic (exact) mass is 300 g/mol. The summed E-state index contributed by atoms with van der Waals surface area (Å²) in [6.45, 7) is 4.63. The zero-order valence-corrected chi connectivity index (χ0v) is 13.5. The van der Waals surface area contributed by atoms with Crippen LogP contribution in [0.3, 0.4) is 0 Å². The molecular weight excluding hydrogens is 276 g/mol. The molecule has 0 aliphatic heterocycles. The Kier molecular flexibility index (Phi) is 5.29. The van der Waals surface area contributed by atoms with Gasteiger partial charge in [-0.2, -0.15) is 0 Å². The normalized spacial score (nSPS) is 20.1. The molecule has 1 atom stereocenters. The zero-order valence-electron chi connectivity index (χ0n) is 11.9. The van der Waals surface area contributed by atoms with E-state index in [4.69, 9.17) is 17.4 Å². The molecule has 2 rings (SSSR count). The summed E-state index contributed by atoms with van der Waals surface area (Å²) in [5.74, 6) is 6.61. The van der Waals surface area contributed by atoms with Crippen LogP contribution in [0.15, 0.2) is 12.1 Å². The molecule has 0 spiro atoms. The molecule has 0 amide bonds. The van der Waals surface area contributed by atoms with Gasteiger partial charge in [-0.05, 0) is 49.1 Å². The van der Waals surface area contributed by atoms with Gasteiger partial charge in [-0.1, -0.05) is 38.3 Å². The van der Waals surface area contributed by atoms with Crippen LogP contribution < -0.4 is 11.3 Å². The van der Waals surface area contributed by atoms with Crippen LogP contribution in [0.5, 0.6) is 0 Å². The molecule has 1 unspecified atom stereocenters. The van der Waals surface area contributed by atoms with Crippen LogP contribution in [0.4, 0.5) is 0 Å². The van der Waals surface area contributed by atoms with Crippen molar-refractivity contribution < 1.29 is 0 Å². The lowest BCUT2D eigenvalue weighted by atomic mass is 9.71. The van der Waals surface area contributed by atoms with E-state index in [-0.39, 0.29) is 0 Å².